The maximum atomic E-state index is 11.4. The molecule has 0 amide bonds. The Kier molecular flexibility index (Phi) is 5.11. The lowest BCUT2D eigenvalue weighted by Gasteiger charge is -2.12. The molecule has 0 aliphatic rings. The van der Waals surface area contributed by atoms with E-state index in [2.05, 4.69) is 28.0 Å². The molecular formula is C16H20N2O3. The van der Waals surface area contributed by atoms with Crippen molar-refractivity contribution in [2.75, 3.05) is 7.11 Å². The minimum Gasteiger partial charge on any atom is -0.463 e. The molecule has 0 saturated carbocycles. The summed E-state index contributed by atoms with van der Waals surface area (Å²) in [5.74, 6) is 0.448. The van der Waals surface area contributed by atoms with Crippen molar-refractivity contribution in [3.63, 3.8) is 0 Å². The van der Waals surface area contributed by atoms with Gasteiger partial charge in [-0.15, -0.1) is 0 Å². The lowest BCUT2D eigenvalue weighted by Crippen LogP contribution is -2.19. The molecule has 112 valence electrons. The zero-order valence-corrected chi connectivity index (χ0v) is 12.6. The largest absolute Gasteiger partial charge is 0.463 e. The van der Waals surface area contributed by atoms with E-state index >= 15 is 0 Å². The van der Waals surface area contributed by atoms with Crippen molar-refractivity contribution in [3.05, 3.63) is 53.2 Å². The Balaban J connectivity index is 2.00. The standard InChI is InChI=1S/C16H20N2O3/c1-4-12-6-5-9-17-13(12)10-18-11(2)14-7-8-15(21-14)16(19)20-3/h5-9,11,18H,4,10H2,1-3H3. The maximum Gasteiger partial charge on any atom is 0.373 e. The van der Waals surface area contributed by atoms with Crippen LogP contribution in [0, 0.1) is 0 Å². The molecule has 2 aromatic heterocycles. The quantitative estimate of drug-likeness (QED) is 0.828. The maximum absolute atomic E-state index is 11.4. The van der Waals surface area contributed by atoms with Crippen LogP contribution in [0.2, 0.25) is 0 Å². The SMILES string of the molecule is CCc1cccnc1CNC(C)c1ccc(C(=O)OC)o1. The van der Waals surface area contributed by atoms with Crippen molar-refractivity contribution in [2.24, 2.45) is 0 Å². The van der Waals surface area contributed by atoms with Crippen LogP contribution in [0.3, 0.4) is 0 Å². The highest BCUT2D eigenvalue weighted by Crippen LogP contribution is 2.17. The Hall–Kier alpha value is -2.14. The fourth-order valence-electron chi connectivity index (χ4n) is 2.10. The van der Waals surface area contributed by atoms with Gasteiger partial charge in [0.25, 0.3) is 0 Å². The molecule has 1 unspecified atom stereocenters. The minimum absolute atomic E-state index is 0.0184. The number of aryl methyl sites for hydroxylation is 1. The van der Waals surface area contributed by atoms with Gasteiger partial charge < -0.3 is 14.5 Å². The van der Waals surface area contributed by atoms with Crippen molar-refractivity contribution in [2.45, 2.75) is 32.9 Å². The van der Waals surface area contributed by atoms with Crippen molar-refractivity contribution >= 4 is 5.97 Å². The highest BCUT2D eigenvalue weighted by Gasteiger charge is 2.15. The Morgan fingerprint density at radius 3 is 2.95 bits per heavy atom. The first kappa shape index (κ1) is 15.3. The second kappa shape index (κ2) is 7.04. The summed E-state index contributed by atoms with van der Waals surface area (Å²) in [5.41, 5.74) is 2.26. The molecule has 0 fully saturated rings. The molecule has 21 heavy (non-hydrogen) atoms. The van der Waals surface area contributed by atoms with E-state index in [4.69, 9.17) is 4.42 Å². The second-order valence-corrected chi connectivity index (χ2v) is 4.76. The van der Waals surface area contributed by atoms with Crippen LogP contribution >= 0.6 is 0 Å². The predicted octanol–water partition coefficient (Wildman–Crippen LogP) is 2.87. The van der Waals surface area contributed by atoms with Gasteiger partial charge in [-0.25, -0.2) is 4.79 Å². The first-order valence-corrected chi connectivity index (χ1v) is 7.00. The molecule has 5 nitrogen and oxygen atoms in total. The summed E-state index contributed by atoms with van der Waals surface area (Å²) >= 11 is 0. The number of carbonyl (C=O) groups is 1. The van der Waals surface area contributed by atoms with Crippen molar-refractivity contribution in [1.29, 1.82) is 0 Å². The molecule has 1 atom stereocenters. The first-order chi connectivity index (χ1) is 10.2. The number of aromatic nitrogens is 1. The van der Waals surface area contributed by atoms with Crippen LogP contribution in [0.15, 0.2) is 34.9 Å². The molecule has 5 heteroatoms. The predicted molar refractivity (Wildman–Crippen MR) is 78.9 cm³/mol. The Bertz CT molecular complexity index is 607. The third-order valence-corrected chi connectivity index (χ3v) is 3.38. The number of ether oxygens (including phenoxy) is 1. The van der Waals surface area contributed by atoms with Gasteiger partial charge in [-0.3, -0.25) is 4.98 Å². The number of nitrogens with one attached hydrogen (secondary N) is 1. The van der Waals surface area contributed by atoms with Gasteiger partial charge in [0.2, 0.25) is 5.76 Å². The second-order valence-electron chi connectivity index (χ2n) is 4.76. The molecule has 2 rings (SSSR count). The number of rotatable bonds is 6. The summed E-state index contributed by atoms with van der Waals surface area (Å²) in [6, 6.07) is 7.41. The first-order valence-electron chi connectivity index (χ1n) is 7.00. The van der Waals surface area contributed by atoms with Crippen molar-refractivity contribution in [3.8, 4) is 0 Å². The number of hydrogen-bond donors (Lipinski definition) is 1. The van der Waals surface area contributed by atoms with E-state index in [0.717, 1.165) is 12.1 Å². The highest BCUT2D eigenvalue weighted by atomic mass is 16.5. The molecule has 2 aromatic rings. The number of methoxy groups -OCH3 is 1. The van der Waals surface area contributed by atoms with Crippen LogP contribution in [0.25, 0.3) is 0 Å². The number of carbonyl (C=O) groups excluding carboxylic acids is 1. The topological polar surface area (TPSA) is 64.4 Å². The Labute approximate surface area is 124 Å². The average molecular weight is 288 g/mol. The number of esters is 1. The number of hydrogen-bond acceptors (Lipinski definition) is 5. The molecule has 2 heterocycles. The molecule has 0 aliphatic carbocycles. The number of pyridine rings is 1. The van der Waals surface area contributed by atoms with Crippen LogP contribution in [-0.2, 0) is 17.7 Å². The zero-order chi connectivity index (χ0) is 15.2. The zero-order valence-electron chi connectivity index (χ0n) is 12.6. The van der Waals surface area contributed by atoms with E-state index in [1.165, 1.54) is 12.7 Å². The lowest BCUT2D eigenvalue weighted by atomic mass is 10.1. The van der Waals surface area contributed by atoms with Crippen LogP contribution in [-0.4, -0.2) is 18.1 Å². The van der Waals surface area contributed by atoms with Gasteiger partial charge in [0.05, 0.1) is 18.8 Å². The van der Waals surface area contributed by atoms with Gasteiger partial charge in [-0.2, -0.15) is 0 Å². The van der Waals surface area contributed by atoms with Gasteiger partial charge in [-0.05, 0) is 37.1 Å². The summed E-state index contributed by atoms with van der Waals surface area (Å²) in [5, 5.41) is 3.35. The number of nitrogens with zero attached hydrogens (tertiary/aromatic N) is 1. The normalized spacial score (nSPS) is 12.1. The molecule has 0 aliphatic heterocycles. The van der Waals surface area contributed by atoms with E-state index in [1.807, 2.05) is 13.0 Å². The Morgan fingerprint density at radius 2 is 2.24 bits per heavy atom. The van der Waals surface area contributed by atoms with Gasteiger partial charge in [-0.1, -0.05) is 13.0 Å². The molecule has 0 aromatic carbocycles. The number of furan rings is 1. The molecule has 0 saturated heterocycles. The summed E-state index contributed by atoms with van der Waals surface area (Å²) in [4.78, 5) is 15.8. The van der Waals surface area contributed by atoms with E-state index in [9.17, 15) is 4.79 Å². The minimum atomic E-state index is -0.466. The Morgan fingerprint density at radius 1 is 1.43 bits per heavy atom. The molecule has 0 bridgehead atoms. The molecule has 1 N–H and O–H groups in total. The highest BCUT2D eigenvalue weighted by molar-refractivity contribution is 5.86. The summed E-state index contributed by atoms with van der Waals surface area (Å²) in [6.45, 7) is 4.74. The fraction of sp³-hybridized carbons (Fsp3) is 0.375. The van der Waals surface area contributed by atoms with Crippen LogP contribution in [0.4, 0.5) is 0 Å². The van der Waals surface area contributed by atoms with E-state index in [0.29, 0.717) is 12.3 Å². The van der Waals surface area contributed by atoms with Gasteiger partial charge >= 0.3 is 5.97 Å². The fourth-order valence-corrected chi connectivity index (χ4v) is 2.10. The van der Waals surface area contributed by atoms with Crippen molar-refractivity contribution in [1.82, 2.24) is 10.3 Å². The van der Waals surface area contributed by atoms with Gasteiger partial charge in [0, 0.05) is 12.7 Å². The summed E-state index contributed by atoms with van der Waals surface area (Å²) < 4.78 is 10.1. The third kappa shape index (κ3) is 3.70. The summed E-state index contributed by atoms with van der Waals surface area (Å²) in [6.07, 6.45) is 2.75. The van der Waals surface area contributed by atoms with Gasteiger partial charge in [0.1, 0.15) is 5.76 Å². The van der Waals surface area contributed by atoms with Gasteiger partial charge in [0.15, 0.2) is 0 Å². The molecule has 0 radical (unpaired) electrons. The smallest absolute Gasteiger partial charge is 0.373 e. The average Bonchev–Trinajstić information content (AvgIpc) is 3.02. The van der Waals surface area contributed by atoms with Crippen LogP contribution in [0.1, 0.15) is 47.5 Å². The van der Waals surface area contributed by atoms with Crippen LogP contribution < -0.4 is 5.32 Å². The summed E-state index contributed by atoms with van der Waals surface area (Å²) in [7, 11) is 1.33. The molecule has 0 spiro atoms. The van der Waals surface area contributed by atoms with Crippen molar-refractivity contribution < 1.29 is 13.9 Å². The third-order valence-electron chi connectivity index (χ3n) is 3.38. The monoisotopic (exact) mass is 288 g/mol. The van der Waals surface area contributed by atoms with E-state index in [-0.39, 0.29) is 11.8 Å². The molecular weight excluding hydrogens is 268 g/mol. The lowest BCUT2D eigenvalue weighted by molar-refractivity contribution is 0.0562. The van der Waals surface area contributed by atoms with E-state index in [1.54, 1.807) is 18.3 Å². The van der Waals surface area contributed by atoms with E-state index < -0.39 is 5.97 Å². The van der Waals surface area contributed by atoms with Crippen LogP contribution in [0.5, 0.6) is 0 Å².